The molecule has 0 aromatic carbocycles. The topological polar surface area (TPSA) is 32.3 Å². The van der Waals surface area contributed by atoms with E-state index in [0.29, 0.717) is 6.54 Å². The first kappa shape index (κ1) is 11.1. The fourth-order valence-corrected chi connectivity index (χ4v) is 1.76. The van der Waals surface area contributed by atoms with E-state index in [1.165, 1.54) is 0 Å². The Morgan fingerprint density at radius 2 is 2.50 bits per heavy atom. The number of nitrogens with one attached hydrogen (secondary N) is 1. The number of amides is 1. The van der Waals surface area contributed by atoms with Gasteiger partial charge in [0.2, 0.25) is 5.91 Å². The molecule has 0 aromatic heterocycles. The molecule has 0 unspecified atom stereocenters. The largest absolute Gasteiger partial charge is 0.330 e. The van der Waals surface area contributed by atoms with Crippen molar-refractivity contribution in [2.45, 2.75) is 32.2 Å². The van der Waals surface area contributed by atoms with Gasteiger partial charge in [-0.1, -0.05) is 12.8 Å². The summed E-state index contributed by atoms with van der Waals surface area (Å²) < 4.78 is 0. The first-order valence-corrected chi connectivity index (χ1v) is 5.25. The average Bonchev–Trinajstić information content (AvgIpc) is 2.69. The van der Waals surface area contributed by atoms with Gasteiger partial charge in [-0.3, -0.25) is 4.79 Å². The third-order valence-electron chi connectivity index (χ3n) is 2.45. The van der Waals surface area contributed by atoms with Gasteiger partial charge in [0.1, 0.15) is 0 Å². The van der Waals surface area contributed by atoms with Crippen molar-refractivity contribution in [3.05, 3.63) is 0 Å². The van der Waals surface area contributed by atoms with Gasteiger partial charge in [0.25, 0.3) is 0 Å². The van der Waals surface area contributed by atoms with Gasteiger partial charge in [-0.05, 0) is 25.8 Å². The lowest BCUT2D eigenvalue weighted by molar-refractivity contribution is -0.132. The van der Waals surface area contributed by atoms with Gasteiger partial charge in [0.15, 0.2) is 0 Å². The molecule has 0 bridgehead atoms. The van der Waals surface area contributed by atoms with Crippen molar-refractivity contribution in [3.8, 4) is 12.3 Å². The Labute approximate surface area is 85.9 Å². The predicted molar refractivity (Wildman–Crippen MR) is 56.7 cm³/mol. The van der Waals surface area contributed by atoms with Crippen LogP contribution in [0.4, 0.5) is 0 Å². The number of nitrogens with zero attached hydrogens (tertiary/aromatic N) is 1. The number of hydrogen-bond acceptors (Lipinski definition) is 2. The Morgan fingerprint density at radius 1 is 1.71 bits per heavy atom. The highest BCUT2D eigenvalue weighted by Gasteiger charge is 2.25. The Morgan fingerprint density at radius 3 is 3.00 bits per heavy atom. The first-order valence-electron chi connectivity index (χ1n) is 5.25. The quantitative estimate of drug-likeness (QED) is 0.665. The van der Waals surface area contributed by atoms with E-state index in [2.05, 4.69) is 18.2 Å². The van der Waals surface area contributed by atoms with Gasteiger partial charge in [-0.25, -0.2) is 0 Å². The van der Waals surface area contributed by atoms with Gasteiger partial charge >= 0.3 is 0 Å². The number of terminal acetylenes is 1. The highest BCUT2D eigenvalue weighted by atomic mass is 16.2. The van der Waals surface area contributed by atoms with Gasteiger partial charge in [0, 0.05) is 6.54 Å². The third kappa shape index (κ3) is 2.74. The van der Waals surface area contributed by atoms with Crippen LogP contribution in [-0.2, 0) is 4.79 Å². The molecule has 1 heterocycles. The summed E-state index contributed by atoms with van der Waals surface area (Å²) in [5.74, 6) is 2.70. The number of carbonyl (C=O) groups is 1. The van der Waals surface area contributed by atoms with Crippen LogP contribution in [0.5, 0.6) is 0 Å². The molecule has 1 atom stereocenters. The van der Waals surface area contributed by atoms with Crippen molar-refractivity contribution in [3.63, 3.8) is 0 Å². The first-order chi connectivity index (χ1) is 6.79. The van der Waals surface area contributed by atoms with Crippen molar-refractivity contribution in [1.29, 1.82) is 0 Å². The molecule has 1 fully saturated rings. The molecular formula is C11H18N2O. The summed E-state index contributed by atoms with van der Waals surface area (Å²) in [6.07, 6.45) is 8.23. The fraction of sp³-hybridized carbons (Fsp3) is 0.727. The number of hydrogen-bond donors (Lipinski definition) is 1. The molecule has 14 heavy (non-hydrogen) atoms. The summed E-state index contributed by atoms with van der Waals surface area (Å²) in [6.45, 7) is 4.21. The molecule has 1 N–H and O–H groups in total. The smallest absolute Gasteiger partial charge is 0.240 e. The second-order valence-electron chi connectivity index (χ2n) is 3.61. The zero-order chi connectivity index (χ0) is 10.4. The molecule has 0 aliphatic carbocycles. The molecule has 3 nitrogen and oxygen atoms in total. The normalized spacial score (nSPS) is 20.4. The Balaban J connectivity index is 2.49. The van der Waals surface area contributed by atoms with E-state index in [4.69, 9.17) is 6.42 Å². The predicted octanol–water partition coefficient (Wildman–Crippen LogP) is 0.610. The highest BCUT2D eigenvalue weighted by molar-refractivity contribution is 5.82. The molecule has 1 aliphatic rings. The zero-order valence-corrected chi connectivity index (χ0v) is 8.75. The molecule has 1 saturated heterocycles. The van der Waals surface area contributed by atoms with Crippen molar-refractivity contribution in [2.75, 3.05) is 19.6 Å². The maximum atomic E-state index is 11.9. The van der Waals surface area contributed by atoms with Crippen LogP contribution in [0, 0.1) is 12.3 Å². The minimum atomic E-state index is 0.00917. The van der Waals surface area contributed by atoms with Gasteiger partial charge in [-0.2, -0.15) is 0 Å². The SMILES string of the molecule is C#CCN(CCC)C(=O)[C@H]1CCCN1. The number of carbonyl (C=O) groups excluding carboxylic acids is 1. The lowest BCUT2D eigenvalue weighted by Gasteiger charge is -2.23. The maximum Gasteiger partial charge on any atom is 0.240 e. The minimum Gasteiger partial charge on any atom is -0.330 e. The van der Waals surface area contributed by atoms with Crippen LogP contribution in [0.3, 0.4) is 0 Å². The molecular weight excluding hydrogens is 176 g/mol. The van der Waals surface area contributed by atoms with E-state index >= 15 is 0 Å². The summed E-state index contributed by atoms with van der Waals surface area (Å²) >= 11 is 0. The monoisotopic (exact) mass is 194 g/mol. The summed E-state index contributed by atoms with van der Waals surface area (Å²) in [5, 5.41) is 3.19. The van der Waals surface area contributed by atoms with Gasteiger partial charge < -0.3 is 10.2 Å². The van der Waals surface area contributed by atoms with Crippen LogP contribution in [0.2, 0.25) is 0 Å². The Bertz CT molecular complexity index is 226. The van der Waals surface area contributed by atoms with Gasteiger partial charge in [0.05, 0.1) is 12.6 Å². The van der Waals surface area contributed by atoms with Gasteiger partial charge in [-0.15, -0.1) is 6.42 Å². The van der Waals surface area contributed by atoms with Crippen molar-refractivity contribution in [2.24, 2.45) is 0 Å². The highest BCUT2D eigenvalue weighted by Crippen LogP contribution is 2.08. The van der Waals surface area contributed by atoms with Crippen LogP contribution in [0.1, 0.15) is 26.2 Å². The van der Waals surface area contributed by atoms with Crippen LogP contribution >= 0.6 is 0 Å². The molecule has 3 heteroatoms. The summed E-state index contributed by atoms with van der Waals surface area (Å²) in [6, 6.07) is 0.00917. The molecule has 0 aromatic rings. The van der Waals surface area contributed by atoms with Crippen LogP contribution in [0.25, 0.3) is 0 Å². The minimum absolute atomic E-state index is 0.00917. The Hall–Kier alpha value is -1.01. The summed E-state index contributed by atoms with van der Waals surface area (Å²) in [7, 11) is 0. The Kier molecular flexibility index (Phi) is 4.48. The fourth-order valence-electron chi connectivity index (χ4n) is 1.76. The lowest BCUT2D eigenvalue weighted by Crippen LogP contribution is -2.44. The van der Waals surface area contributed by atoms with Crippen molar-refractivity contribution in [1.82, 2.24) is 10.2 Å². The third-order valence-corrected chi connectivity index (χ3v) is 2.45. The lowest BCUT2D eigenvalue weighted by atomic mass is 10.2. The van der Waals surface area contributed by atoms with E-state index in [9.17, 15) is 4.79 Å². The van der Waals surface area contributed by atoms with Crippen LogP contribution in [0.15, 0.2) is 0 Å². The zero-order valence-electron chi connectivity index (χ0n) is 8.75. The summed E-state index contributed by atoms with van der Waals surface area (Å²) in [5.41, 5.74) is 0. The average molecular weight is 194 g/mol. The van der Waals surface area contributed by atoms with E-state index in [-0.39, 0.29) is 11.9 Å². The standard InChI is InChI=1S/C11H18N2O/c1-3-8-13(9-4-2)11(14)10-6-5-7-12-10/h1,10,12H,4-9H2,2H3/t10-/m1/s1. The van der Waals surface area contributed by atoms with E-state index in [1.807, 2.05) is 0 Å². The molecule has 0 spiro atoms. The van der Waals surface area contributed by atoms with Crippen molar-refractivity contribution < 1.29 is 4.79 Å². The second kappa shape index (κ2) is 5.66. The maximum absolute atomic E-state index is 11.9. The molecule has 0 saturated carbocycles. The van der Waals surface area contributed by atoms with E-state index in [1.54, 1.807) is 4.90 Å². The summed E-state index contributed by atoms with van der Waals surface area (Å²) in [4.78, 5) is 13.7. The van der Waals surface area contributed by atoms with Crippen LogP contribution < -0.4 is 5.32 Å². The van der Waals surface area contributed by atoms with Crippen LogP contribution in [-0.4, -0.2) is 36.5 Å². The van der Waals surface area contributed by atoms with Crippen molar-refractivity contribution >= 4 is 5.91 Å². The molecule has 0 radical (unpaired) electrons. The molecule has 1 aliphatic heterocycles. The second-order valence-corrected chi connectivity index (χ2v) is 3.61. The number of rotatable bonds is 4. The molecule has 1 rings (SSSR count). The molecule has 78 valence electrons. The van der Waals surface area contributed by atoms with E-state index in [0.717, 1.165) is 32.4 Å². The molecule has 1 amide bonds. The van der Waals surface area contributed by atoms with E-state index < -0.39 is 0 Å².